The molecule has 1 unspecified atom stereocenters. The second-order valence-electron chi connectivity index (χ2n) is 7.04. The Kier molecular flexibility index (Phi) is 5.80. The summed E-state index contributed by atoms with van der Waals surface area (Å²) in [6.07, 6.45) is 1.55. The number of nitrogens with two attached hydrogens (primary N) is 1. The van der Waals surface area contributed by atoms with Gasteiger partial charge in [0, 0.05) is 6.20 Å². The van der Waals surface area contributed by atoms with Crippen LogP contribution >= 0.6 is 0 Å². The van der Waals surface area contributed by atoms with Crippen molar-refractivity contribution in [3.05, 3.63) is 90.3 Å². The Balaban J connectivity index is 1.67. The number of pyridine rings is 1. The van der Waals surface area contributed by atoms with E-state index in [-0.39, 0.29) is 16.5 Å². The average Bonchev–Trinajstić information content (AvgIpc) is 3.14. The first-order valence-electron chi connectivity index (χ1n) is 9.66. The number of sulfonamides is 1. The van der Waals surface area contributed by atoms with Crippen molar-refractivity contribution in [2.75, 3.05) is 5.43 Å². The van der Waals surface area contributed by atoms with Crippen LogP contribution in [0.4, 0.5) is 5.69 Å². The molecule has 0 saturated heterocycles. The lowest BCUT2D eigenvalue weighted by molar-refractivity contribution is 0.0734. The lowest BCUT2D eigenvalue weighted by Crippen LogP contribution is -2.31. The molecule has 0 fully saturated rings. The molecule has 0 aliphatic carbocycles. The van der Waals surface area contributed by atoms with Crippen molar-refractivity contribution in [1.82, 2.24) is 9.99 Å². The minimum Gasteiger partial charge on any atom is -0.278 e. The third-order valence-corrected chi connectivity index (χ3v) is 5.76. The highest BCUT2D eigenvalue weighted by atomic mass is 32.2. The van der Waals surface area contributed by atoms with Crippen molar-refractivity contribution < 1.29 is 13.2 Å². The number of benzene rings is 2. The van der Waals surface area contributed by atoms with Crippen LogP contribution in [0.2, 0.25) is 0 Å². The van der Waals surface area contributed by atoms with Gasteiger partial charge in [0.2, 0.25) is 10.0 Å². The van der Waals surface area contributed by atoms with Crippen LogP contribution in [0.15, 0.2) is 94.1 Å². The summed E-state index contributed by atoms with van der Waals surface area (Å²) in [7, 11) is -3.78. The molecule has 0 spiro atoms. The highest BCUT2D eigenvalue weighted by Gasteiger charge is 2.37. The first kappa shape index (κ1) is 21.3. The number of anilines is 1. The van der Waals surface area contributed by atoms with Crippen molar-refractivity contribution in [3.63, 3.8) is 0 Å². The molecule has 2 heterocycles. The van der Waals surface area contributed by atoms with Gasteiger partial charge in [-0.2, -0.15) is 10.2 Å². The smallest absolute Gasteiger partial charge is 0.278 e. The molecule has 1 aliphatic heterocycles. The van der Waals surface area contributed by atoms with Gasteiger partial charge in [0.05, 0.1) is 16.3 Å². The lowest BCUT2D eigenvalue weighted by atomic mass is 10.00. The van der Waals surface area contributed by atoms with Crippen molar-refractivity contribution in [2.45, 2.75) is 17.9 Å². The summed E-state index contributed by atoms with van der Waals surface area (Å²) in [4.78, 5) is 17.3. The molecule has 4 rings (SSSR count). The molecule has 1 aromatic heterocycles. The van der Waals surface area contributed by atoms with E-state index in [4.69, 9.17) is 5.14 Å². The number of carbonyl (C=O) groups excluding carboxylic acids is 1. The summed E-state index contributed by atoms with van der Waals surface area (Å²) in [6, 6.07) is 19.9. The van der Waals surface area contributed by atoms with Crippen LogP contribution in [-0.2, 0) is 10.0 Å². The number of rotatable bonds is 5. The molecule has 1 aliphatic rings. The minimum atomic E-state index is -3.78. The number of aromatic nitrogens is 1. The van der Waals surface area contributed by atoms with Crippen molar-refractivity contribution in [2.24, 2.45) is 15.3 Å². The summed E-state index contributed by atoms with van der Waals surface area (Å²) in [6.45, 7) is 1.77. The largest absolute Gasteiger partial charge is 0.293 e. The van der Waals surface area contributed by atoms with Crippen molar-refractivity contribution >= 4 is 33.0 Å². The maximum Gasteiger partial charge on any atom is 0.293 e. The van der Waals surface area contributed by atoms with Crippen LogP contribution in [-0.4, -0.2) is 35.7 Å². The molecule has 32 heavy (non-hydrogen) atoms. The van der Waals surface area contributed by atoms with Gasteiger partial charge in [-0.15, -0.1) is 0 Å². The number of hydrogen-bond donors (Lipinski definition) is 2. The number of hydrazone groups is 2. The average molecular weight is 449 g/mol. The Morgan fingerprint density at radius 3 is 2.34 bits per heavy atom. The summed E-state index contributed by atoms with van der Waals surface area (Å²) in [5.74, 6) is -0.346. The standard InChI is InChI=1S/C22H20N6O3S/c1-15-20(26-25-17-10-12-18(13-11-17)32(23,30)31)21(16-7-3-2-4-8-16)28(27-15)22(29)19-9-5-6-14-24-19/h2-14,21,25H,1H3,(H2,23,30,31). The van der Waals surface area contributed by atoms with E-state index in [1.807, 2.05) is 30.3 Å². The fourth-order valence-corrected chi connectivity index (χ4v) is 3.79. The number of amides is 1. The lowest BCUT2D eigenvalue weighted by Gasteiger charge is -2.22. The SMILES string of the molecule is CC1=NN(C(=O)c2ccccn2)C(c2ccccc2)C1=NNc1ccc(S(N)(=O)=O)cc1. The van der Waals surface area contributed by atoms with E-state index in [0.717, 1.165) is 5.56 Å². The Morgan fingerprint density at radius 2 is 1.72 bits per heavy atom. The van der Waals surface area contributed by atoms with Crippen LogP contribution in [0.3, 0.4) is 0 Å². The fraction of sp³-hybridized carbons (Fsp3) is 0.0909. The number of nitrogens with zero attached hydrogens (tertiary/aromatic N) is 4. The van der Waals surface area contributed by atoms with E-state index in [2.05, 4.69) is 20.6 Å². The molecule has 1 amide bonds. The maximum atomic E-state index is 13.1. The number of nitrogens with one attached hydrogen (secondary N) is 1. The van der Waals surface area contributed by atoms with Gasteiger partial charge < -0.3 is 0 Å². The van der Waals surface area contributed by atoms with E-state index in [1.165, 1.54) is 17.1 Å². The zero-order chi connectivity index (χ0) is 22.7. The van der Waals surface area contributed by atoms with E-state index >= 15 is 0 Å². The van der Waals surface area contributed by atoms with Crippen LogP contribution in [0.5, 0.6) is 0 Å². The third-order valence-electron chi connectivity index (χ3n) is 4.83. The molecular formula is C22H20N6O3S. The van der Waals surface area contributed by atoms with Crippen LogP contribution in [0, 0.1) is 0 Å². The Bertz CT molecular complexity index is 1290. The van der Waals surface area contributed by atoms with Crippen LogP contribution in [0.25, 0.3) is 0 Å². The molecule has 10 heteroatoms. The maximum absolute atomic E-state index is 13.1. The predicted molar refractivity (Wildman–Crippen MR) is 122 cm³/mol. The third kappa shape index (κ3) is 4.41. The molecule has 2 aromatic carbocycles. The normalized spacial score (nSPS) is 17.3. The van der Waals surface area contributed by atoms with Gasteiger partial charge in [-0.25, -0.2) is 18.6 Å². The quantitative estimate of drug-likeness (QED) is 0.580. The topological polar surface area (TPSA) is 130 Å². The van der Waals surface area contributed by atoms with Gasteiger partial charge in [-0.05, 0) is 48.9 Å². The highest BCUT2D eigenvalue weighted by Crippen LogP contribution is 2.30. The number of carbonyl (C=O) groups is 1. The summed E-state index contributed by atoms with van der Waals surface area (Å²) < 4.78 is 22.9. The molecule has 9 nitrogen and oxygen atoms in total. The summed E-state index contributed by atoms with van der Waals surface area (Å²) >= 11 is 0. The highest BCUT2D eigenvalue weighted by molar-refractivity contribution is 7.89. The Morgan fingerprint density at radius 1 is 1.03 bits per heavy atom. The molecule has 1 atom stereocenters. The monoisotopic (exact) mass is 448 g/mol. The zero-order valence-electron chi connectivity index (χ0n) is 17.1. The second kappa shape index (κ2) is 8.69. The number of hydrogen-bond acceptors (Lipinski definition) is 7. The van der Waals surface area contributed by atoms with Gasteiger partial charge in [0.25, 0.3) is 5.91 Å². The Hall–Kier alpha value is -3.89. The van der Waals surface area contributed by atoms with Gasteiger partial charge in [-0.3, -0.25) is 15.2 Å². The predicted octanol–water partition coefficient (Wildman–Crippen LogP) is 2.77. The molecule has 0 saturated carbocycles. The van der Waals surface area contributed by atoms with Crippen LogP contribution in [0.1, 0.15) is 29.0 Å². The molecule has 3 N–H and O–H groups in total. The van der Waals surface area contributed by atoms with Gasteiger partial charge in [0.15, 0.2) is 0 Å². The summed E-state index contributed by atoms with van der Waals surface area (Å²) in [5, 5.41) is 15.5. The van der Waals surface area contributed by atoms with E-state index in [1.54, 1.807) is 43.5 Å². The molecule has 0 radical (unpaired) electrons. The molecular weight excluding hydrogens is 428 g/mol. The van der Waals surface area contributed by atoms with Gasteiger partial charge in [-0.1, -0.05) is 36.4 Å². The van der Waals surface area contributed by atoms with E-state index in [9.17, 15) is 13.2 Å². The van der Waals surface area contributed by atoms with Crippen LogP contribution < -0.4 is 10.6 Å². The Labute approximate surface area is 185 Å². The van der Waals surface area contributed by atoms with Gasteiger partial charge >= 0.3 is 0 Å². The van der Waals surface area contributed by atoms with Crippen molar-refractivity contribution in [3.8, 4) is 0 Å². The first-order chi connectivity index (χ1) is 15.3. The fourth-order valence-electron chi connectivity index (χ4n) is 3.27. The molecule has 162 valence electrons. The van der Waals surface area contributed by atoms with Crippen molar-refractivity contribution in [1.29, 1.82) is 0 Å². The minimum absolute atomic E-state index is 0.00334. The zero-order valence-corrected chi connectivity index (χ0v) is 17.9. The molecule has 3 aromatic rings. The summed E-state index contributed by atoms with van der Waals surface area (Å²) in [5.41, 5.74) is 5.70. The van der Waals surface area contributed by atoms with E-state index < -0.39 is 16.1 Å². The number of primary sulfonamides is 1. The van der Waals surface area contributed by atoms with E-state index in [0.29, 0.717) is 17.1 Å². The second-order valence-corrected chi connectivity index (χ2v) is 8.60. The molecule has 0 bridgehead atoms. The van der Waals surface area contributed by atoms with Gasteiger partial charge in [0.1, 0.15) is 17.4 Å². The first-order valence-corrected chi connectivity index (χ1v) is 11.2.